The Balaban J connectivity index is 1.95. The first-order valence-electron chi connectivity index (χ1n) is 6.05. The Hall–Kier alpha value is -1.33. The Morgan fingerprint density at radius 2 is 2.11 bits per heavy atom. The highest BCUT2D eigenvalue weighted by atomic mass is 32.2. The van der Waals surface area contributed by atoms with Gasteiger partial charge in [0.05, 0.1) is 5.69 Å². The quantitative estimate of drug-likeness (QED) is 0.859. The molecule has 100 valence electrons. The second kappa shape index (κ2) is 6.73. The van der Waals surface area contributed by atoms with Crippen LogP contribution in [-0.2, 0) is 4.79 Å². The largest absolute Gasteiger partial charge is 0.359 e. The van der Waals surface area contributed by atoms with E-state index < -0.39 is 0 Å². The van der Waals surface area contributed by atoms with Crippen molar-refractivity contribution in [3.8, 4) is 11.3 Å². The number of amides is 1. The maximum atomic E-state index is 11.1. The number of nitrogens with one attached hydrogen (secondary N) is 1. The number of thioether (sulfide) groups is 1. The van der Waals surface area contributed by atoms with Gasteiger partial charge in [0.15, 0.2) is 4.34 Å². The van der Waals surface area contributed by atoms with E-state index in [1.807, 2.05) is 0 Å². The summed E-state index contributed by atoms with van der Waals surface area (Å²) in [5, 5.41) is 4.68. The smallest absolute Gasteiger partial charge is 0.220 e. The molecule has 0 aliphatic rings. The van der Waals surface area contributed by atoms with Crippen LogP contribution in [0.3, 0.4) is 0 Å². The van der Waals surface area contributed by atoms with Crippen LogP contribution in [0.25, 0.3) is 11.3 Å². The van der Waals surface area contributed by atoms with E-state index in [0.29, 0.717) is 6.42 Å². The van der Waals surface area contributed by atoms with Crippen molar-refractivity contribution < 1.29 is 4.79 Å². The summed E-state index contributed by atoms with van der Waals surface area (Å²) < 4.78 is 1.01. The van der Waals surface area contributed by atoms with Gasteiger partial charge in [0.1, 0.15) is 0 Å². The number of carbonyl (C=O) groups is 1. The first kappa shape index (κ1) is 14.1. The van der Waals surface area contributed by atoms with Crippen molar-refractivity contribution in [2.75, 3.05) is 12.8 Å². The van der Waals surface area contributed by atoms with Crippen molar-refractivity contribution in [3.63, 3.8) is 0 Å². The number of carbonyl (C=O) groups excluding carboxylic acids is 1. The van der Waals surface area contributed by atoms with Gasteiger partial charge in [-0.1, -0.05) is 41.6 Å². The summed E-state index contributed by atoms with van der Waals surface area (Å²) in [6.07, 6.45) is 0.528. The molecule has 0 saturated heterocycles. The highest BCUT2D eigenvalue weighted by Gasteiger charge is 2.06. The maximum Gasteiger partial charge on any atom is 0.220 e. The van der Waals surface area contributed by atoms with Crippen molar-refractivity contribution in [3.05, 3.63) is 35.2 Å². The minimum absolute atomic E-state index is 0.0721. The molecule has 1 aromatic carbocycles. The van der Waals surface area contributed by atoms with Crippen molar-refractivity contribution in [2.45, 2.75) is 17.7 Å². The van der Waals surface area contributed by atoms with E-state index in [1.165, 1.54) is 5.56 Å². The lowest BCUT2D eigenvalue weighted by molar-refractivity contribution is -0.120. The minimum atomic E-state index is 0.0721. The van der Waals surface area contributed by atoms with Gasteiger partial charge in [-0.2, -0.15) is 0 Å². The van der Waals surface area contributed by atoms with Crippen LogP contribution >= 0.6 is 23.1 Å². The lowest BCUT2D eigenvalue weighted by Gasteiger charge is -1.98. The molecule has 3 nitrogen and oxygen atoms in total. The van der Waals surface area contributed by atoms with Gasteiger partial charge in [-0.3, -0.25) is 4.79 Å². The Bertz CT molecular complexity index is 549. The maximum absolute atomic E-state index is 11.1. The SMILES string of the molecule is CNC(=O)CCSc1nc(-c2ccc(C)cc2)cs1. The highest BCUT2D eigenvalue weighted by Crippen LogP contribution is 2.28. The normalized spacial score (nSPS) is 10.4. The van der Waals surface area contributed by atoms with Gasteiger partial charge >= 0.3 is 0 Å². The van der Waals surface area contributed by atoms with Gasteiger partial charge in [0, 0.05) is 30.2 Å². The fraction of sp³-hybridized carbons (Fsp3) is 0.286. The van der Waals surface area contributed by atoms with Crippen LogP contribution < -0.4 is 5.32 Å². The van der Waals surface area contributed by atoms with Gasteiger partial charge in [-0.05, 0) is 6.92 Å². The fourth-order valence-electron chi connectivity index (χ4n) is 1.54. The number of nitrogens with zero attached hydrogens (tertiary/aromatic N) is 1. The molecule has 1 N–H and O–H groups in total. The molecule has 0 radical (unpaired) electrons. The third kappa shape index (κ3) is 4.08. The van der Waals surface area contributed by atoms with Gasteiger partial charge in [-0.25, -0.2) is 4.98 Å². The molecule has 0 aliphatic heterocycles. The van der Waals surface area contributed by atoms with Crippen molar-refractivity contribution >= 4 is 29.0 Å². The van der Waals surface area contributed by atoms with E-state index in [2.05, 4.69) is 46.9 Å². The molecule has 1 amide bonds. The zero-order valence-electron chi connectivity index (χ0n) is 11.0. The standard InChI is InChI=1S/C14H16N2OS2/c1-10-3-5-11(6-4-10)12-9-19-14(16-12)18-8-7-13(17)15-2/h3-6,9H,7-8H2,1-2H3,(H,15,17). The van der Waals surface area contributed by atoms with Crippen LogP contribution in [0.1, 0.15) is 12.0 Å². The number of thiazole rings is 1. The molecule has 0 aliphatic carbocycles. The van der Waals surface area contributed by atoms with Crippen LogP contribution in [0.4, 0.5) is 0 Å². The average molecular weight is 292 g/mol. The van der Waals surface area contributed by atoms with Crippen molar-refractivity contribution in [1.82, 2.24) is 10.3 Å². The Morgan fingerprint density at radius 1 is 1.37 bits per heavy atom. The molecular formula is C14H16N2OS2. The summed E-state index contributed by atoms with van der Waals surface area (Å²) in [4.78, 5) is 15.7. The summed E-state index contributed by atoms with van der Waals surface area (Å²) in [5.41, 5.74) is 3.40. The molecule has 1 aromatic heterocycles. The number of benzene rings is 1. The molecule has 0 atom stereocenters. The fourth-order valence-corrected chi connectivity index (χ4v) is 3.38. The molecule has 1 heterocycles. The van der Waals surface area contributed by atoms with Gasteiger partial charge in [-0.15, -0.1) is 11.3 Å². The third-order valence-electron chi connectivity index (χ3n) is 2.66. The number of aromatic nitrogens is 1. The van der Waals surface area contributed by atoms with Gasteiger partial charge in [0.2, 0.25) is 5.91 Å². The van der Waals surface area contributed by atoms with Gasteiger partial charge in [0.25, 0.3) is 0 Å². The first-order valence-corrected chi connectivity index (χ1v) is 7.91. The molecule has 0 saturated carbocycles. The molecule has 2 rings (SSSR count). The van der Waals surface area contributed by atoms with E-state index in [1.54, 1.807) is 30.1 Å². The molecule has 0 fully saturated rings. The summed E-state index contributed by atoms with van der Waals surface area (Å²) in [7, 11) is 1.66. The van der Waals surface area contributed by atoms with Crippen LogP contribution in [0.15, 0.2) is 34.0 Å². The number of rotatable bonds is 5. The highest BCUT2D eigenvalue weighted by molar-refractivity contribution is 8.01. The van der Waals surface area contributed by atoms with E-state index in [0.717, 1.165) is 21.3 Å². The zero-order valence-corrected chi connectivity index (χ0v) is 12.6. The number of hydrogen-bond acceptors (Lipinski definition) is 4. The number of aryl methyl sites for hydroxylation is 1. The molecule has 5 heteroatoms. The molecule has 0 unspecified atom stereocenters. The zero-order chi connectivity index (χ0) is 13.7. The van der Waals surface area contributed by atoms with Crippen molar-refractivity contribution in [1.29, 1.82) is 0 Å². The summed E-state index contributed by atoms with van der Waals surface area (Å²) in [6, 6.07) is 8.35. The second-order valence-electron chi connectivity index (χ2n) is 4.14. The topological polar surface area (TPSA) is 42.0 Å². The van der Waals surface area contributed by atoms with E-state index >= 15 is 0 Å². The van der Waals surface area contributed by atoms with Crippen LogP contribution in [0.5, 0.6) is 0 Å². The summed E-state index contributed by atoms with van der Waals surface area (Å²) in [5.74, 6) is 0.836. The lowest BCUT2D eigenvalue weighted by Crippen LogP contribution is -2.17. The Kier molecular flexibility index (Phi) is 4.99. The Morgan fingerprint density at radius 3 is 2.79 bits per heavy atom. The molecule has 0 bridgehead atoms. The van der Waals surface area contributed by atoms with Crippen molar-refractivity contribution in [2.24, 2.45) is 0 Å². The number of hydrogen-bond donors (Lipinski definition) is 1. The molecule has 0 spiro atoms. The Labute approximate surface area is 121 Å². The van der Waals surface area contributed by atoms with E-state index in [-0.39, 0.29) is 5.91 Å². The minimum Gasteiger partial charge on any atom is -0.359 e. The first-order chi connectivity index (χ1) is 9.19. The van der Waals surface area contributed by atoms with Crippen LogP contribution in [-0.4, -0.2) is 23.7 Å². The predicted octanol–water partition coefficient (Wildman–Crippen LogP) is 3.35. The summed E-state index contributed by atoms with van der Waals surface area (Å²) in [6.45, 7) is 2.07. The van der Waals surface area contributed by atoms with Crippen LogP contribution in [0.2, 0.25) is 0 Å². The average Bonchev–Trinajstić information content (AvgIpc) is 2.88. The second-order valence-corrected chi connectivity index (χ2v) is 6.34. The van der Waals surface area contributed by atoms with E-state index in [9.17, 15) is 4.79 Å². The predicted molar refractivity (Wildman–Crippen MR) is 81.7 cm³/mol. The van der Waals surface area contributed by atoms with Gasteiger partial charge < -0.3 is 5.32 Å². The molecular weight excluding hydrogens is 276 g/mol. The third-order valence-corrected chi connectivity index (χ3v) is 4.69. The molecule has 2 aromatic rings. The lowest BCUT2D eigenvalue weighted by atomic mass is 10.1. The van der Waals surface area contributed by atoms with E-state index in [4.69, 9.17) is 0 Å². The monoisotopic (exact) mass is 292 g/mol. The molecule has 19 heavy (non-hydrogen) atoms. The summed E-state index contributed by atoms with van der Waals surface area (Å²) >= 11 is 3.26. The van der Waals surface area contributed by atoms with Crippen LogP contribution in [0, 0.1) is 6.92 Å².